The minimum atomic E-state index is 0.219. The Morgan fingerprint density at radius 1 is 1.36 bits per heavy atom. The zero-order chi connectivity index (χ0) is 10.1. The maximum atomic E-state index is 9.28. The fraction of sp³-hybridized carbons (Fsp3) is 0. The maximum Gasteiger partial charge on any atom is 0.136 e. The zero-order valence-corrected chi connectivity index (χ0v) is 8.12. The predicted molar refractivity (Wildman–Crippen MR) is 58.5 cm³/mol. The Morgan fingerprint density at radius 3 is 2.86 bits per heavy atom. The lowest BCUT2D eigenvalue weighted by Crippen LogP contribution is -1.83. The molecule has 2 rings (SSSR count). The molecule has 1 aromatic carbocycles. The molecule has 2 nitrogen and oxygen atoms in total. The van der Waals surface area contributed by atoms with Crippen LogP contribution in [0.15, 0.2) is 30.8 Å². The lowest BCUT2D eigenvalue weighted by molar-refractivity contribution is 0.476. The summed E-state index contributed by atoms with van der Waals surface area (Å²) in [5.41, 5.74) is 1.53. The summed E-state index contributed by atoms with van der Waals surface area (Å²) in [6.45, 7) is 3.63. The molecule has 1 aromatic heterocycles. The molecule has 0 bridgehead atoms. The van der Waals surface area contributed by atoms with Crippen molar-refractivity contribution >= 4 is 28.6 Å². The fourth-order valence-electron chi connectivity index (χ4n) is 1.30. The van der Waals surface area contributed by atoms with E-state index in [4.69, 9.17) is 11.6 Å². The van der Waals surface area contributed by atoms with Crippen molar-refractivity contribution in [1.29, 1.82) is 0 Å². The number of aromatic nitrogens is 1. The van der Waals surface area contributed by atoms with Crippen LogP contribution in [0.1, 0.15) is 5.56 Å². The summed E-state index contributed by atoms with van der Waals surface area (Å²) in [7, 11) is 0. The first-order valence-electron chi connectivity index (χ1n) is 4.12. The highest BCUT2D eigenvalue weighted by molar-refractivity contribution is 6.31. The third-order valence-corrected chi connectivity index (χ3v) is 2.30. The lowest BCUT2D eigenvalue weighted by Gasteiger charge is -2.02. The summed E-state index contributed by atoms with van der Waals surface area (Å²) in [6, 6.07) is 6.80. The van der Waals surface area contributed by atoms with E-state index in [2.05, 4.69) is 11.6 Å². The molecule has 0 spiro atoms. The van der Waals surface area contributed by atoms with Crippen molar-refractivity contribution < 1.29 is 5.11 Å². The Labute approximate surface area is 86.5 Å². The number of phenolic OH excluding ortho intramolecular Hbond substituents is 1. The van der Waals surface area contributed by atoms with Crippen molar-refractivity contribution in [2.45, 2.75) is 0 Å². The van der Waals surface area contributed by atoms with Crippen LogP contribution in [0.4, 0.5) is 0 Å². The van der Waals surface area contributed by atoms with Crippen LogP contribution in [0, 0.1) is 0 Å². The minimum Gasteiger partial charge on any atom is -0.508 e. The third kappa shape index (κ3) is 1.44. The van der Waals surface area contributed by atoms with E-state index in [0.717, 1.165) is 16.5 Å². The van der Waals surface area contributed by atoms with Crippen LogP contribution in [0.3, 0.4) is 0 Å². The quantitative estimate of drug-likeness (QED) is 0.725. The van der Waals surface area contributed by atoms with Crippen molar-refractivity contribution in [1.82, 2.24) is 4.98 Å². The summed E-state index contributed by atoms with van der Waals surface area (Å²) < 4.78 is 0. The second-order valence-electron chi connectivity index (χ2n) is 2.95. The standard InChI is InChI=1S/C11H8ClNO/c1-2-7-5-8-6-9(14)3-4-10(8)13-11(7)12/h2-6,14H,1H2. The molecule has 3 heteroatoms. The molecule has 0 fully saturated rings. The van der Waals surface area contributed by atoms with Crippen LogP contribution in [0.2, 0.25) is 5.15 Å². The van der Waals surface area contributed by atoms with Gasteiger partial charge in [-0.2, -0.15) is 0 Å². The van der Waals surface area contributed by atoms with Gasteiger partial charge in [0.15, 0.2) is 0 Å². The highest BCUT2D eigenvalue weighted by Crippen LogP contribution is 2.24. The molecule has 2 aromatic rings. The first-order chi connectivity index (χ1) is 6.70. The van der Waals surface area contributed by atoms with Crippen LogP contribution >= 0.6 is 11.6 Å². The van der Waals surface area contributed by atoms with Crippen LogP contribution in [0.25, 0.3) is 17.0 Å². The molecule has 14 heavy (non-hydrogen) atoms. The lowest BCUT2D eigenvalue weighted by atomic mass is 10.1. The van der Waals surface area contributed by atoms with Gasteiger partial charge in [0, 0.05) is 10.9 Å². The molecule has 0 aliphatic rings. The van der Waals surface area contributed by atoms with E-state index in [0.29, 0.717) is 5.15 Å². The Bertz CT molecular complexity index is 508. The Hall–Kier alpha value is -1.54. The number of halogens is 1. The molecule has 0 radical (unpaired) electrons. The normalized spacial score (nSPS) is 10.4. The number of rotatable bonds is 1. The molecule has 0 saturated carbocycles. The van der Waals surface area contributed by atoms with E-state index in [1.165, 1.54) is 0 Å². The summed E-state index contributed by atoms with van der Waals surface area (Å²) in [5.74, 6) is 0.219. The first-order valence-corrected chi connectivity index (χ1v) is 4.50. The van der Waals surface area contributed by atoms with Crippen LogP contribution in [-0.2, 0) is 0 Å². The number of nitrogens with zero attached hydrogens (tertiary/aromatic N) is 1. The minimum absolute atomic E-state index is 0.219. The van der Waals surface area contributed by atoms with Crippen molar-refractivity contribution in [3.8, 4) is 5.75 Å². The Balaban J connectivity index is 2.79. The predicted octanol–water partition coefficient (Wildman–Crippen LogP) is 3.24. The van der Waals surface area contributed by atoms with Gasteiger partial charge in [-0.1, -0.05) is 24.3 Å². The molecule has 0 atom stereocenters. The van der Waals surface area contributed by atoms with Crippen molar-refractivity contribution in [3.05, 3.63) is 41.6 Å². The van der Waals surface area contributed by atoms with Gasteiger partial charge in [0.1, 0.15) is 10.9 Å². The number of aromatic hydroxyl groups is 1. The zero-order valence-electron chi connectivity index (χ0n) is 7.37. The van der Waals surface area contributed by atoms with Gasteiger partial charge in [-0.25, -0.2) is 4.98 Å². The van der Waals surface area contributed by atoms with Gasteiger partial charge < -0.3 is 5.11 Å². The smallest absolute Gasteiger partial charge is 0.136 e. The second-order valence-corrected chi connectivity index (χ2v) is 3.31. The summed E-state index contributed by atoms with van der Waals surface area (Å²) in [6.07, 6.45) is 1.64. The molecule has 1 N–H and O–H groups in total. The molecule has 1 heterocycles. The molecule has 0 aliphatic heterocycles. The third-order valence-electron chi connectivity index (χ3n) is 2.00. The van der Waals surface area contributed by atoms with E-state index in [1.807, 2.05) is 6.07 Å². The van der Waals surface area contributed by atoms with Gasteiger partial charge in [-0.05, 0) is 24.3 Å². The van der Waals surface area contributed by atoms with Crippen molar-refractivity contribution in [2.24, 2.45) is 0 Å². The monoisotopic (exact) mass is 205 g/mol. The van der Waals surface area contributed by atoms with E-state index in [-0.39, 0.29) is 5.75 Å². The number of hydrogen-bond acceptors (Lipinski definition) is 2. The SMILES string of the molecule is C=Cc1cc2cc(O)ccc2nc1Cl. The molecular formula is C11H8ClNO. The van der Waals surface area contributed by atoms with E-state index >= 15 is 0 Å². The molecule has 0 aliphatic carbocycles. The van der Waals surface area contributed by atoms with Crippen molar-refractivity contribution in [3.63, 3.8) is 0 Å². The van der Waals surface area contributed by atoms with Crippen LogP contribution in [-0.4, -0.2) is 10.1 Å². The van der Waals surface area contributed by atoms with Gasteiger partial charge in [0.25, 0.3) is 0 Å². The number of hydrogen-bond donors (Lipinski definition) is 1. The van der Waals surface area contributed by atoms with Gasteiger partial charge in [0.05, 0.1) is 5.52 Å². The highest BCUT2D eigenvalue weighted by Gasteiger charge is 2.02. The van der Waals surface area contributed by atoms with Gasteiger partial charge in [-0.15, -0.1) is 0 Å². The average molecular weight is 206 g/mol. The Morgan fingerprint density at radius 2 is 2.14 bits per heavy atom. The maximum absolute atomic E-state index is 9.28. The number of phenols is 1. The topological polar surface area (TPSA) is 33.1 Å². The van der Waals surface area contributed by atoms with Gasteiger partial charge >= 0.3 is 0 Å². The largest absolute Gasteiger partial charge is 0.508 e. The number of pyridine rings is 1. The molecule has 0 saturated heterocycles. The molecular weight excluding hydrogens is 198 g/mol. The molecule has 0 amide bonds. The van der Waals surface area contributed by atoms with E-state index < -0.39 is 0 Å². The summed E-state index contributed by atoms with van der Waals surface area (Å²) in [4.78, 5) is 4.17. The van der Waals surface area contributed by atoms with Crippen LogP contribution in [0.5, 0.6) is 5.75 Å². The summed E-state index contributed by atoms with van der Waals surface area (Å²) >= 11 is 5.90. The Kier molecular flexibility index (Phi) is 2.14. The van der Waals surface area contributed by atoms with E-state index in [1.54, 1.807) is 24.3 Å². The van der Waals surface area contributed by atoms with Crippen molar-refractivity contribution in [2.75, 3.05) is 0 Å². The van der Waals surface area contributed by atoms with Gasteiger partial charge in [-0.3, -0.25) is 0 Å². The average Bonchev–Trinajstić information content (AvgIpc) is 2.17. The number of benzene rings is 1. The van der Waals surface area contributed by atoms with E-state index in [9.17, 15) is 5.11 Å². The van der Waals surface area contributed by atoms with Crippen LogP contribution < -0.4 is 0 Å². The van der Waals surface area contributed by atoms with Gasteiger partial charge in [0.2, 0.25) is 0 Å². The highest BCUT2D eigenvalue weighted by atomic mass is 35.5. The second kappa shape index (κ2) is 3.31. The molecule has 0 unspecified atom stereocenters. The first kappa shape index (κ1) is 9.03. The summed E-state index contributed by atoms with van der Waals surface area (Å²) in [5, 5.41) is 10.6. The number of fused-ring (bicyclic) bond motifs is 1. The molecule has 70 valence electrons. The fourth-order valence-corrected chi connectivity index (χ4v) is 1.52.